The molecule has 2 aliphatic carbocycles. The topological polar surface area (TPSA) is 38.7 Å². The van der Waals surface area contributed by atoms with Gasteiger partial charge in [0.05, 0.1) is 39.7 Å². The van der Waals surface area contributed by atoms with E-state index < -0.39 is 5.41 Å². The lowest BCUT2D eigenvalue weighted by Gasteiger charge is -2.30. The van der Waals surface area contributed by atoms with Gasteiger partial charge in [0, 0.05) is 22.1 Å². The maximum atomic E-state index is 5.81. The summed E-state index contributed by atoms with van der Waals surface area (Å²) in [6.45, 7) is 0. The number of aromatic nitrogens is 3. The second kappa shape index (κ2) is 13.0. The van der Waals surface area contributed by atoms with Crippen LogP contribution in [0, 0.1) is 0 Å². The molecule has 0 aliphatic heterocycles. The van der Waals surface area contributed by atoms with Crippen LogP contribution >= 0.6 is 0 Å². The Kier molecular flexibility index (Phi) is 7.22. The quantitative estimate of drug-likeness (QED) is 0.167. The number of pyridine rings is 1. The van der Waals surface area contributed by atoms with E-state index in [0.29, 0.717) is 0 Å². The van der Waals surface area contributed by atoms with Gasteiger partial charge in [0.2, 0.25) is 0 Å². The van der Waals surface area contributed by atoms with Crippen LogP contribution in [0.5, 0.6) is 0 Å². The minimum absolute atomic E-state index is 0.553. The molecule has 0 amide bonds. The molecule has 9 aromatic carbocycles. The Balaban J connectivity index is 1.14. The van der Waals surface area contributed by atoms with Gasteiger partial charge in [0.15, 0.2) is 0 Å². The Hall–Kier alpha value is -8.01. The van der Waals surface area contributed by atoms with E-state index in [9.17, 15) is 0 Å². The number of para-hydroxylation sites is 2. The van der Waals surface area contributed by atoms with Gasteiger partial charge < -0.3 is 0 Å². The monoisotopic (exact) mass is 773 g/mol. The summed E-state index contributed by atoms with van der Waals surface area (Å²) < 4.78 is 0. The number of hydrogen-bond donors (Lipinski definition) is 0. The van der Waals surface area contributed by atoms with Crippen molar-refractivity contribution in [2.24, 2.45) is 0 Å². The molecule has 1 spiro atoms. The molecule has 0 bridgehead atoms. The van der Waals surface area contributed by atoms with Crippen molar-refractivity contribution in [2.45, 2.75) is 5.41 Å². The molecule has 0 unspecified atom stereocenters. The Morgan fingerprint density at radius 3 is 1.54 bits per heavy atom. The van der Waals surface area contributed by atoms with E-state index in [1.807, 2.05) is 30.5 Å². The first-order chi connectivity index (χ1) is 30.3. The van der Waals surface area contributed by atoms with Gasteiger partial charge in [-0.05, 0) is 90.0 Å². The molecule has 0 atom stereocenters. The SMILES string of the molecule is c1ccc(-c2c3ccccc3c(-c3ccccc3)c3c4c(ccc23)C2(c3ccccc3-c3ccccc32)c2ccc(-c3ccc(-c5cnc6ccccc6n5)cc3)nc2-4)cc1. The Morgan fingerprint density at radius 1 is 0.311 bits per heavy atom. The molecule has 0 radical (unpaired) electrons. The van der Waals surface area contributed by atoms with Gasteiger partial charge in [-0.3, -0.25) is 4.98 Å². The third-order valence-corrected chi connectivity index (χ3v) is 13.1. The molecule has 2 aromatic heterocycles. The van der Waals surface area contributed by atoms with E-state index in [2.05, 4.69) is 187 Å². The highest BCUT2D eigenvalue weighted by Crippen LogP contribution is 2.64. The van der Waals surface area contributed by atoms with Crippen LogP contribution in [0.4, 0.5) is 0 Å². The fraction of sp³-hybridized carbons (Fsp3) is 0.0172. The van der Waals surface area contributed by atoms with E-state index in [-0.39, 0.29) is 0 Å². The summed E-state index contributed by atoms with van der Waals surface area (Å²) in [6.07, 6.45) is 1.86. The summed E-state index contributed by atoms with van der Waals surface area (Å²) in [5.41, 5.74) is 19.8. The summed E-state index contributed by atoms with van der Waals surface area (Å²) >= 11 is 0. The Morgan fingerprint density at radius 2 is 0.852 bits per heavy atom. The second-order valence-corrected chi connectivity index (χ2v) is 16.2. The fourth-order valence-electron chi connectivity index (χ4n) is 10.6. The van der Waals surface area contributed by atoms with Crippen LogP contribution < -0.4 is 0 Å². The summed E-state index contributed by atoms with van der Waals surface area (Å²) in [6, 6.07) is 74.9. The maximum absolute atomic E-state index is 5.81. The van der Waals surface area contributed by atoms with E-state index in [4.69, 9.17) is 9.97 Å². The van der Waals surface area contributed by atoms with Crippen LogP contribution in [0.2, 0.25) is 0 Å². The first-order valence-corrected chi connectivity index (χ1v) is 20.9. The number of hydrogen-bond acceptors (Lipinski definition) is 3. The maximum Gasteiger partial charge on any atom is 0.0894 e. The highest BCUT2D eigenvalue weighted by Gasteiger charge is 2.53. The van der Waals surface area contributed by atoms with Gasteiger partial charge in [0.25, 0.3) is 0 Å². The molecule has 282 valence electrons. The lowest BCUT2D eigenvalue weighted by molar-refractivity contribution is 0.792. The highest BCUT2D eigenvalue weighted by atomic mass is 14.8. The van der Waals surface area contributed by atoms with E-state index in [0.717, 1.165) is 39.2 Å². The second-order valence-electron chi connectivity index (χ2n) is 16.2. The van der Waals surface area contributed by atoms with Gasteiger partial charge in [0.1, 0.15) is 0 Å². The smallest absolute Gasteiger partial charge is 0.0894 e. The molecular formula is C58H35N3. The molecule has 3 heteroatoms. The summed E-state index contributed by atoms with van der Waals surface area (Å²) in [5, 5.41) is 4.92. The number of benzene rings is 9. The Bertz CT molecular complexity index is 3530. The fourth-order valence-corrected chi connectivity index (χ4v) is 10.6. The molecule has 0 saturated carbocycles. The molecule has 0 fully saturated rings. The van der Waals surface area contributed by atoms with Gasteiger partial charge in [-0.25, -0.2) is 9.97 Å². The minimum atomic E-state index is -0.553. The predicted molar refractivity (Wildman–Crippen MR) is 250 cm³/mol. The average molecular weight is 774 g/mol. The zero-order chi connectivity index (χ0) is 40.1. The van der Waals surface area contributed by atoms with Gasteiger partial charge in [-0.1, -0.05) is 188 Å². The molecule has 11 aromatic rings. The summed E-state index contributed by atoms with van der Waals surface area (Å²) in [7, 11) is 0. The molecule has 3 nitrogen and oxygen atoms in total. The molecule has 2 heterocycles. The number of nitrogens with zero attached hydrogens (tertiary/aromatic N) is 3. The van der Waals surface area contributed by atoms with Crippen LogP contribution in [0.25, 0.3) is 99.7 Å². The standard InChI is InChI=1S/C58H35N3/c1-3-15-38(16-4-1)53-42-21-7-8-22-43(42)54(39-17-5-2-6-18-39)55-44(53)31-32-47-56(55)57-48(58(47)45-23-11-9-19-40(45)41-20-10-12-24-46(41)58)33-34-49(61-57)36-27-29-37(30-28-36)52-35-59-50-25-13-14-26-51(50)60-52/h1-35H. The summed E-state index contributed by atoms with van der Waals surface area (Å²) in [4.78, 5) is 15.4. The van der Waals surface area contributed by atoms with Gasteiger partial charge in [-0.15, -0.1) is 0 Å². The van der Waals surface area contributed by atoms with Crippen LogP contribution in [-0.2, 0) is 5.41 Å². The highest BCUT2D eigenvalue weighted by molar-refractivity contribution is 6.26. The lowest BCUT2D eigenvalue weighted by atomic mass is 9.70. The van der Waals surface area contributed by atoms with Crippen molar-refractivity contribution in [1.82, 2.24) is 15.0 Å². The van der Waals surface area contributed by atoms with Crippen molar-refractivity contribution >= 4 is 32.6 Å². The van der Waals surface area contributed by atoms with Gasteiger partial charge in [-0.2, -0.15) is 0 Å². The molecule has 0 saturated heterocycles. The third kappa shape index (κ3) is 4.77. The Labute approximate surface area is 353 Å². The molecule has 2 aliphatic rings. The minimum Gasteiger partial charge on any atom is -0.252 e. The molecule has 61 heavy (non-hydrogen) atoms. The van der Waals surface area contributed by atoms with Crippen LogP contribution in [0.3, 0.4) is 0 Å². The van der Waals surface area contributed by atoms with Crippen molar-refractivity contribution in [1.29, 1.82) is 0 Å². The van der Waals surface area contributed by atoms with E-state index in [1.54, 1.807) is 0 Å². The van der Waals surface area contributed by atoms with Crippen molar-refractivity contribution in [2.75, 3.05) is 0 Å². The number of fused-ring (bicyclic) bond motifs is 14. The zero-order valence-corrected chi connectivity index (χ0v) is 33.0. The van der Waals surface area contributed by atoms with Crippen molar-refractivity contribution in [3.63, 3.8) is 0 Å². The van der Waals surface area contributed by atoms with Gasteiger partial charge >= 0.3 is 0 Å². The third-order valence-electron chi connectivity index (χ3n) is 13.1. The molecule has 0 N–H and O–H groups in total. The van der Waals surface area contributed by atoms with E-state index in [1.165, 1.54) is 82.7 Å². The predicted octanol–water partition coefficient (Wildman–Crippen LogP) is 14.3. The first kappa shape index (κ1) is 33.9. The first-order valence-electron chi connectivity index (χ1n) is 20.9. The largest absolute Gasteiger partial charge is 0.252 e. The van der Waals surface area contributed by atoms with Crippen molar-refractivity contribution in [3.05, 3.63) is 235 Å². The molecule has 13 rings (SSSR count). The zero-order valence-electron chi connectivity index (χ0n) is 33.0. The summed E-state index contributed by atoms with van der Waals surface area (Å²) in [5.74, 6) is 0. The lowest BCUT2D eigenvalue weighted by Crippen LogP contribution is -2.25. The normalized spacial score (nSPS) is 13.0. The van der Waals surface area contributed by atoms with E-state index >= 15 is 0 Å². The van der Waals surface area contributed by atoms with Crippen LogP contribution in [0.15, 0.2) is 212 Å². The molecular weight excluding hydrogens is 739 g/mol. The van der Waals surface area contributed by atoms with Crippen molar-refractivity contribution in [3.8, 4) is 67.2 Å². The van der Waals surface area contributed by atoms with Crippen LogP contribution in [0.1, 0.15) is 22.3 Å². The number of rotatable bonds is 4. The average Bonchev–Trinajstić information content (AvgIpc) is 3.80. The van der Waals surface area contributed by atoms with Crippen molar-refractivity contribution < 1.29 is 0 Å². The van der Waals surface area contributed by atoms with Crippen LogP contribution in [-0.4, -0.2) is 15.0 Å².